The Labute approximate surface area is 119 Å². The smallest absolute Gasteiger partial charge is 0.313 e. The van der Waals surface area contributed by atoms with E-state index in [9.17, 15) is 10.1 Å². The number of anilines is 1. The number of methoxy groups -OCH3 is 1. The standard InChI is InChI=1S/C12H11ClN4O3/c1-14-12-15-6-9(17(18)19)11(16-12)8-5-7(13)3-4-10(8)20-2/h3-6H,1-2H3,(H,14,15,16). The van der Waals surface area contributed by atoms with Gasteiger partial charge in [0.2, 0.25) is 5.95 Å². The molecule has 0 saturated carbocycles. The number of ether oxygens (including phenoxy) is 1. The van der Waals surface area contributed by atoms with Gasteiger partial charge in [0.15, 0.2) is 5.69 Å². The quantitative estimate of drug-likeness (QED) is 0.689. The Morgan fingerprint density at radius 1 is 1.45 bits per heavy atom. The van der Waals surface area contributed by atoms with E-state index in [4.69, 9.17) is 16.3 Å². The molecule has 0 amide bonds. The number of hydrogen-bond acceptors (Lipinski definition) is 6. The van der Waals surface area contributed by atoms with Gasteiger partial charge < -0.3 is 10.1 Å². The monoisotopic (exact) mass is 294 g/mol. The maximum atomic E-state index is 11.1. The van der Waals surface area contributed by atoms with Crippen LogP contribution in [0.4, 0.5) is 11.6 Å². The van der Waals surface area contributed by atoms with E-state index in [1.54, 1.807) is 25.2 Å². The zero-order valence-electron chi connectivity index (χ0n) is 10.8. The highest BCUT2D eigenvalue weighted by atomic mass is 35.5. The molecule has 0 aliphatic heterocycles. The molecular weight excluding hydrogens is 284 g/mol. The predicted molar refractivity (Wildman–Crippen MR) is 75.2 cm³/mol. The fraction of sp³-hybridized carbons (Fsp3) is 0.167. The third-order valence-corrected chi connectivity index (χ3v) is 2.84. The summed E-state index contributed by atoms with van der Waals surface area (Å²) >= 11 is 5.94. The first-order valence-corrected chi connectivity index (χ1v) is 5.97. The van der Waals surface area contributed by atoms with Crippen molar-refractivity contribution in [2.24, 2.45) is 0 Å². The highest BCUT2D eigenvalue weighted by Crippen LogP contribution is 2.36. The van der Waals surface area contributed by atoms with Crippen molar-refractivity contribution in [1.29, 1.82) is 0 Å². The Kier molecular flexibility index (Phi) is 3.99. The molecule has 1 N–H and O–H groups in total. The number of nitrogens with zero attached hydrogens (tertiary/aromatic N) is 3. The van der Waals surface area contributed by atoms with Crippen molar-refractivity contribution in [2.45, 2.75) is 0 Å². The topological polar surface area (TPSA) is 90.2 Å². The molecule has 0 aliphatic rings. The SMILES string of the molecule is CNc1ncc([N+](=O)[O-])c(-c2cc(Cl)ccc2OC)n1. The molecule has 2 aromatic rings. The van der Waals surface area contributed by atoms with E-state index in [2.05, 4.69) is 15.3 Å². The van der Waals surface area contributed by atoms with Gasteiger partial charge in [-0.2, -0.15) is 0 Å². The van der Waals surface area contributed by atoms with Crippen LogP contribution in [0, 0.1) is 10.1 Å². The fourth-order valence-corrected chi connectivity index (χ4v) is 1.87. The zero-order valence-corrected chi connectivity index (χ0v) is 11.5. The Balaban J connectivity index is 2.72. The van der Waals surface area contributed by atoms with Gasteiger partial charge in [0, 0.05) is 12.1 Å². The van der Waals surface area contributed by atoms with Crippen LogP contribution in [0.2, 0.25) is 5.02 Å². The second kappa shape index (κ2) is 5.70. The van der Waals surface area contributed by atoms with E-state index in [0.717, 1.165) is 6.20 Å². The fourth-order valence-electron chi connectivity index (χ4n) is 1.69. The molecule has 1 aromatic carbocycles. The molecule has 0 unspecified atom stereocenters. The minimum atomic E-state index is -0.547. The molecule has 0 fully saturated rings. The highest BCUT2D eigenvalue weighted by Gasteiger charge is 2.22. The Morgan fingerprint density at radius 3 is 2.80 bits per heavy atom. The lowest BCUT2D eigenvalue weighted by Gasteiger charge is -2.09. The lowest BCUT2D eigenvalue weighted by Crippen LogP contribution is -2.02. The van der Waals surface area contributed by atoms with E-state index in [-0.39, 0.29) is 17.3 Å². The molecule has 1 heterocycles. The molecule has 0 bridgehead atoms. The average molecular weight is 295 g/mol. The van der Waals surface area contributed by atoms with Gasteiger partial charge in [-0.1, -0.05) is 11.6 Å². The summed E-state index contributed by atoms with van der Waals surface area (Å²) in [6.07, 6.45) is 1.15. The minimum absolute atomic E-state index is 0.147. The normalized spacial score (nSPS) is 10.2. The van der Waals surface area contributed by atoms with Gasteiger partial charge in [-0.3, -0.25) is 10.1 Å². The van der Waals surface area contributed by atoms with Gasteiger partial charge in [0.1, 0.15) is 11.9 Å². The number of nitrogens with one attached hydrogen (secondary N) is 1. The first-order valence-electron chi connectivity index (χ1n) is 5.60. The van der Waals surface area contributed by atoms with Crippen molar-refractivity contribution < 1.29 is 9.66 Å². The summed E-state index contributed by atoms with van der Waals surface area (Å²) in [4.78, 5) is 18.5. The van der Waals surface area contributed by atoms with Crippen molar-refractivity contribution >= 4 is 23.2 Å². The van der Waals surface area contributed by atoms with Crippen LogP contribution in [0.3, 0.4) is 0 Å². The van der Waals surface area contributed by atoms with Crippen LogP contribution in [0.1, 0.15) is 0 Å². The van der Waals surface area contributed by atoms with Gasteiger partial charge in [-0.15, -0.1) is 0 Å². The summed E-state index contributed by atoms with van der Waals surface area (Å²) in [6.45, 7) is 0. The Hall–Kier alpha value is -2.41. The minimum Gasteiger partial charge on any atom is -0.496 e. The third-order valence-electron chi connectivity index (χ3n) is 2.61. The van der Waals surface area contributed by atoms with Crippen molar-refractivity contribution in [3.8, 4) is 17.0 Å². The molecule has 104 valence electrons. The van der Waals surface area contributed by atoms with Crippen LogP contribution in [0.5, 0.6) is 5.75 Å². The number of aromatic nitrogens is 2. The van der Waals surface area contributed by atoms with Crippen LogP contribution in [0.25, 0.3) is 11.3 Å². The second-order valence-electron chi connectivity index (χ2n) is 3.78. The van der Waals surface area contributed by atoms with Crippen molar-refractivity contribution in [1.82, 2.24) is 9.97 Å². The first kappa shape index (κ1) is 14.0. The van der Waals surface area contributed by atoms with Crippen LogP contribution in [-0.2, 0) is 0 Å². The molecule has 0 atom stereocenters. The average Bonchev–Trinajstić information content (AvgIpc) is 2.46. The van der Waals surface area contributed by atoms with Gasteiger partial charge in [0.25, 0.3) is 0 Å². The molecule has 20 heavy (non-hydrogen) atoms. The van der Waals surface area contributed by atoms with Crippen molar-refractivity contribution in [3.63, 3.8) is 0 Å². The molecular formula is C12H11ClN4O3. The number of rotatable bonds is 4. The summed E-state index contributed by atoms with van der Waals surface area (Å²) < 4.78 is 5.20. The lowest BCUT2D eigenvalue weighted by atomic mass is 10.1. The van der Waals surface area contributed by atoms with Crippen LogP contribution >= 0.6 is 11.6 Å². The largest absolute Gasteiger partial charge is 0.496 e. The van der Waals surface area contributed by atoms with Crippen molar-refractivity contribution in [2.75, 3.05) is 19.5 Å². The second-order valence-corrected chi connectivity index (χ2v) is 4.22. The van der Waals surface area contributed by atoms with Crippen LogP contribution in [0.15, 0.2) is 24.4 Å². The summed E-state index contributed by atoms with van der Waals surface area (Å²) in [5, 5.41) is 14.3. The summed E-state index contributed by atoms with van der Waals surface area (Å²) in [7, 11) is 3.10. The molecule has 8 heteroatoms. The van der Waals surface area contributed by atoms with Gasteiger partial charge in [-0.25, -0.2) is 9.97 Å². The zero-order chi connectivity index (χ0) is 14.7. The molecule has 7 nitrogen and oxygen atoms in total. The maximum Gasteiger partial charge on any atom is 0.313 e. The Morgan fingerprint density at radius 2 is 2.20 bits per heavy atom. The van der Waals surface area contributed by atoms with Gasteiger partial charge in [0.05, 0.1) is 17.6 Å². The summed E-state index contributed by atoms with van der Waals surface area (Å²) in [5.74, 6) is 0.714. The van der Waals surface area contributed by atoms with E-state index in [0.29, 0.717) is 16.3 Å². The number of benzene rings is 1. The molecule has 0 spiro atoms. The first-order chi connectivity index (χ1) is 9.56. The maximum absolute atomic E-state index is 11.1. The Bertz CT molecular complexity index is 663. The van der Waals surface area contributed by atoms with Gasteiger partial charge >= 0.3 is 5.69 Å². The molecule has 0 saturated heterocycles. The van der Waals surface area contributed by atoms with E-state index in [1.165, 1.54) is 7.11 Å². The molecule has 1 aromatic heterocycles. The summed E-state index contributed by atoms with van der Waals surface area (Å²) in [6, 6.07) is 4.83. The van der Waals surface area contributed by atoms with E-state index >= 15 is 0 Å². The number of hydrogen-bond donors (Lipinski definition) is 1. The molecule has 0 aliphatic carbocycles. The summed E-state index contributed by atoms with van der Waals surface area (Å²) in [5.41, 5.74) is 0.365. The van der Waals surface area contributed by atoms with Gasteiger partial charge in [-0.05, 0) is 18.2 Å². The van der Waals surface area contributed by atoms with Crippen molar-refractivity contribution in [3.05, 3.63) is 39.5 Å². The van der Waals surface area contributed by atoms with E-state index in [1.807, 2.05) is 0 Å². The number of halogens is 1. The molecule has 0 radical (unpaired) electrons. The predicted octanol–water partition coefficient (Wildman–Crippen LogP) is 2.76. The highest BCUT2D eigenvalue weighted by molar-refractivity contribution is 6.31. The molecule has 2 rings (SSSR count). The lowest BCUT2D eigenvalue weighted by molar-refractivity contribution is -0.384. The van der Waals surface area contributed by atoms with Crippen LogP contribution in [-0.4, -0.2) is 29.0 Å². The third kappa shape index (κ3) is 2.62. The number of nitro groups is 1. The van der Waals surface area contributed by atoms with E-state index < -0.39 is 4.92 Å². The van der Waals surface area contributed by atoms with Crippen LogP contribution < -0.4 is 10.1 Å².